The van der Waals surface area contributed by atoms with Crippen LogP contribution in [-0.4, -0.2) is 59.7 Å². The number of nitrogen functional groups attached to an aromatic ring is 1. The number of nitrogens with two attached hydrogens (primary N) is 1. The Bertz CT molecular complexity index is 1370. The molecule has 1 unspecified atom stereocenters. The Hall–Kier alpha value is -4.10. The molecular formula is C24H25N7O5. The number of aromatic nitrogens is 4. The van der Waals surface area contributed by atoms with Gasteiger partial charge in [-0.1, -0.05) is 12.1 Å². The number of hydrogen-bond acceptors (Lipinski definition) is 9. The fourth-order valence-corrected chi connectivity index (χ4v) is 4.02. The molecule has 2 aromatic carbocycles. The molecule has 0 radical (unpaired) electrons. The van der Waals surface area contributed by atoms with Crippen molar-refractivity contribution in [2.45, 2.75) is 31.5 Å². The van der Waals surface area contributed by atoms with Gasteiger partial charge in [0.1, 0.15) is 17.8 Å². The molecule has 186 valence electrons. The summed E-state index contributed by atoms with van der Waals surface area (Å²) in [5, 5.41) is 34.1. The summed E-state index contributed by atoms with van der Waals surface area (Å²) in [6, 6.07) is 13.4. The number of nitrogens with one attached hydrogen (secondary N) is 2. The van der Waals surface area contributed by atoms with Gasteiger partial charge < -0.3 is 36.4 Å². The molecule has 5 rings (SSSR count). The van der Waals surface area contributed by atoms with Gasteiger partial charge in [-0.15, -0.1) is 0 Å². The van der Waals surface area contributed by atoms with E-state index in [-0.39, 0.29) is 25.5 Å². The molecule has 0 aliphatic carbocycles. The molecule has 1 aliphatic heterocycles. The number of imidazole rings is 1. The third kappa shape index (κ3) is 4.70. The van der Waals surface area contributed by atoms with Crippen molar-refractivity contribution in [3.05, 3.63) is 60.4 Å². The Labute approximate surface area is 205 Å². The number of hydrogen-bond donors (Lipinski definition) is 6. The van der Waals surface area contributed by atoms with Gasteiger partial charge in [0.05, 0.1) is 25.6 Å². The Balaban J connectivity index is 1.32. The zero-order valence-electron chi connectivity index (χ0n) is 19.1. The number of nitrogens with zero attached hydrogens (tertiary/aromatic N) is 4. The van der Waals surface area contributed by atoms with Crippen molar-refractivity contribution in [2.75, 3.05) is 23.0 Å². The highest BCUT2D eigenvalue weighted by Crippen LogP contribution is 2.32. The number of aliphatic hydroxyl groups is 3. The SMILES string of the molecule is Nc1nc(-c2ccc(NC(=O)Nc3ccc(CO)cc3)cc2)nc2c1ncn2[C@H]1CC(O)[C@@H](CO)O1. The number of fused-ring (bicyclic) bond motifs is 1. The first-order valence-corrected chi connectivity index (χ1v) is 11.3. The van der Waals surface area contributed by atoms with E-state index in [1.54, 1.807) is 53.1 Å². The number of urea groups is 1. The molecule has 36 heavy (non-hydrogen) atoms. The molecule has 12 nitrogen and oxygen atoms in total. The van der Waals surface area contributed by atoms with Crippen molar-refractivity contribution in [3.63, 3.8) is 0 Å². The van der Waals surface area contributed by atoms with E-state index in [4.69, 9.17) is 15.6 Å². The van der Waals surface area contributed by atoms with Gasteiger partial charge in [-0.05, 0) is 42.0 Å². The van der Waals surface area contributed by atoms with Gasteiger partial charge >= 0.3 is 6.03 Å². The lowest BCUT2D eigenvalue weighted by Crippen LogP contribution is -2.24. The lowest BCUT2D eigenvalue weighted by atomic mass is 10.2. The summed E-state index contributed by atoms with van der Waals surface area (Å²) < 4.78 is 7.40. The number of carbonyl (C=O) groups excluding carboxylic acids is 1. The summed E-state index contributed by atoms with van der Waals surface area (Å²) in [7, 11) is 0. The molecule has 3 heterocycles. The molecule has 3 atom stereocenters. The van der Waals surface area contributed by atoms with Gasteiger partial charge in [0.15, 0.2) is 17.3 Å². The van der Waals surface area contributed by atoms with E-state index >= 15 is 0 Å². The van der Waals surface area contributed by atoms with Crippen LogP contribution in [0.4, 0.5) is 22.0 Å². The largest absolute Gasteiger partial charge is 0.394 e. The normalized spacial score (nSPS) is 19.5. The second-order valence-corrected chi connectivity index (χ2v) is 8.38. The van der Waals surface area contributed by atoms with Crippen LogP contribution in [0.25, 0.3) is 22.6 Å². The number of amides is 2. The van der Waals surface area contributed by atoms with E-state index < -0.39 is 24.5 Å². The van der Waals surface area contributed by atoms with Gasteiger partial charge in [0.2, 0.25) is 0 Å². The van der Waals surface area contributed by atoms with E-state index in [9.17, 15) is 15.0 Å². The maximum absolute atomic E-state index is 12.3. The molecule has 0 bridgehead atoms. The van der Waals surface area contributed by atoms with Crippen molar-refractivity contribution in [1.82, 2.24) is 19.5 Å². The monoisotopic (exact) mass is 491 g/mol. The summed E-state index contributed by atoms with van der Waals surface area (Å²) in [5.74, 6) is 0.554. The van der Waals surface area contributed by atoms with Crippen molar-refractivity contribution in [3.8, 4) is 11.4 Å². The van der Waals surface area contributed by atoms with Crippen LogP contribution in [0.1, 0.15) is 18.2 Å². The second kappa shape index (κ2) is 9.87. The molecule has 1 saturated heterocycles. The average Bonchev–Trinajstić information content (AvgIpc) is 3.48. The third-order valence-electron chi connectivity index (χ3n) is 5.94. The first kappa shape index (κ1) is 23.6. The van der Waals surface area contributed by atoms with Crippen LogP contribution < -0.4 is 16.4 Å². The lowest BCUT2D eigenvalue weighted by Gasteiger charge is -2.14. The topological polar surface area (TPSA) is 181 Å². The minimum atomic E-state index is -0.798. The van der Waals surface area contributed by atoms with Crippen LogP contribution in [-0.2, 0) is 11.3 Å². The van der Waals surface area contributed by atoms with Crippen LogP contribution in [0.15, 0.2) is 54.9 Å². The van der Waals surface area contributed by atoms with Crippen molar-refractivity contribution >= 4 is 34.4 Å². The van der Waals surface area contributed by atoms with Crippen LogP contribution in [0.2, 0.25) is 0 Å². The lowest BCUT2D eigenvalue weighted by molar-refractivity contribution is -0.0432. The molecule has 12 heteroatoms. The van der Waals surface area contributed by atoms with Crippen LogP contribution in [0, 0.1) is 0 Å². The van der Waals surface area contributed by atoms with Crippen LogP contribution >= 0.6 is 0 Å². The number of ether oxygens (including phenoxy) is 1. The minimum Gasteiger partial charge on any atom is -0.394 e. The van der Waals surface area contributed by atoms with E-state index in [1.165, 1.54) is 6.33 Å². The summed E-state index contributed by atoms with van der Waals surface area (Å²) in [5.41, 5.74) is 9.57. The highest BCUT2D eigenvalue weighted by molar-refractivity contribution is 5.99. The molecular weight excluding hydrogens is 466 g/mol. The van der Waals surface area contributed by atoms with Crippen LogP contribution in [0.3, 0.4) is 0 Å². The molecule has 4 aromatic rings. The highest BCUT2D eigenvalue weighted by atomic mass is 16.5. The van der Waals surface area contributed by atoms with Gasteiger partial charge in [-0.3, -0.25) is 4.57 Å². The summed E-state index contributed by atoms with van der Waals surface area (Å²) in [4.78, 5) is 25.6. The number of benzene rings is 2. The zero-order chi connectivity index (χ0) is 25.2. The molecule has 2 aromatic heterocycles. The zero-order valence-corrected chi connectivity index (χ0v) is 19.1. The van der Waals surface area contributed by atoms with Gasteiger partial charge in [0.25, 0.3) is 0 Å². The molecule has 0 saturated carbocycles. The number of carbonyl (C=O) groups is 1. The summed E-state index contributed by atoms with van der Waals surface area (Å²) in [6.45, 7) is -0.355. The number of anilines is 3. The van der Waals surface area contributed by atoms with Crippen molar-refractivity contribution < 1.29 is 24.9 Å². The molecule has 0 spiro atoms. The molecule has 2 amide bonds. The predicted molar refractivity (Wildman–Crippen MR) is 132 cm³/mol. The fourth-order valence-electron chi connectivity index (χ4n) is 4.02. The fraction of sp³-hybridized carbons (Fsp3) is 0.250. The minimum absolute atomic E-state index is 0.0644. The number of aliphatic hydroxyl groups excluding tert-OH is 3. The smallest absolute Gasteiger partial charge is 0.323 e. The van der Waals surface area contributed by atoms with E-state index in [1.807, 2.05) is 0 Å². The maximum atomic E-state index is 12.3. The van der Waals surface area contributed by atoms with E-state index in [0.717, 1.165) is 5.56 Å². The summed E-state index contributed by atoms with van der Waals surface area (Å²) >= 11 is 0. The quantitative estimate of drug-likeness (QED) is 0.234. The molecule has 1 aliphatic rings. The Morgan fingerprint density at radius 3 is 2.33 bits per heavy atom. The maximum Gasteiger partial charge on any atom is 0.323 e. The van der Waals surface area contributed by atoms with Crippen molar-refractivity contribution in [2.24, 2.45) is 0 Å². The Morgan fingerprint density at radius 2 is 1.72 bits per heavy atom. The second-order valence-electron chi connectivity index (χ2n) is 8.38. The Morgan fingerprint density at radius 1 is 1.06 bits per heavy atom. The number of rotatable bonds is 6. The van der Waals surface area contributed by atoms with Gasteiger partial charge in [-0.2, -0.15) is 0 Å². The summed E-state index contributed by atoms with van der Waals surface area (Å²) in [6.07, 6.45) is -0.213. The molecule has 7 N–H and O–H groups in total. The van der Waals surface area contributed by atoms with E-state index in [0.29, 0.717) is 33.9 Å². The first-order valence-electron chi connectivity index (χ1n) is 11.3. The standard InChI is InChI=1S/C24H25N7O5/c25-21-20-23(31(12-26-20)19-9-17(34)18(11-33)36-19)30-22(29-21)14-3-7-16(8-4-14)28-24(35)27-15-5-1-13(10-32)2-6-15/h1-8,12,17-19,32-34H,9-11H2,(H2,25,29,30)(H2,27,28,35)/t17?,18-,19-/m1/s1. The van der Waals surface area contributed by atoms with Crippen molar-refractivity contribution in [1.29, 1.82) is 0 Å². The van der Waals surface area contributed by atoms with Crippen LogP contribution in [0.5, 0.6) is 0 Å². The van der Waals surface area contributed by atoms with E-state index in [2.05, 4.69) is 25.6 Å². The molecule has 1 fully saturated rings. The first-order chi connectivity index (χ1) is 17.4. The van der Waals surface area contributed by atoms with Gasteiger partial charge in [0, 0.05) is 23.4 Å². The predicted octanol–water partition coefficient (Wildman–Crippen LogP) is 1.85. The highest BCUT2D eigenvalue weighted by Gasteiger charge is 2.35. The average molecular weight is 492 g/mol. The van der Waals surface area contributed by atoms with Gasteiger partial charge in [-0.25, -0.2) is 19.7 Å². The Kier molecular flexibility index (Phi) is 6.48. The third-order valence-corrected chi connectivity index (χ3v) is 5.94.